The quantitative estimate of drug-likeness (QED) is 0.838. The number of hydrogen-bond acceptors (Lipinski definition) is 3. The second-order valence-corrected chi connectivity index (χ2v) is 6.63. The number of rotatable bonds is 3. The molecule has 0 atom stereocenters. The van der Waals surface area contributed by atoms with E-state index in [0.717, 1.165) is 12.1 Å². The van der Waals surface area contributed by atoms with Crippen molar-refractivity contribution in [1.29, 1.82) is 0 Å². The van der Waals surface area contributed by atoms with E-state index in [1.54, 1.807) is 0 Å². The highest BCUT2D eigenvalue weighted by Gasteiger charge is 2.42. The molecule has 0 spiro atoms. The van der Waals surface area contributed by atoms with Crippen LogP contribution in [0.4, 0.5) is 4.39 Å². The van der Waals surface area contributed by atoms with Gasteiger partial charge in [-0.2, -0.15) is 0 Å². The molecule has 1 aliphatic rings. The summed E-state index contributed by atoms with van der Waals surface area (Å²) in [4.78, 5) is 11.4. The number of hydrogen-bond donors (Lipinski definition) is 1. The third-order valence-electron chi connectivity index (χ3n) is 3.29. The lowest BCUT2D eigenvalue weighted by atomic mass is 9.84. The molecule has 4 nitrogen and oxygen atoms in total. The molecule has 1 aliphatic carbocycles. The highest BCUT2D eigenvalue weighted by Crippen LogP contribution is 2.36. The predicted octanol–water partition coefficient (Wildman–Crippen LogP) is 1.12. The van der Waals surface area contributed by atoms with E-state index < -0.39 is 20.9 Å². The van der Waals surface area contributed by atoms with Gasteiger partial charge in [0.25, 0.3) is 0 Å². The van der Waals surface area contributed by atoms with Crippen molar-refractivity contribution in [2.75, 3.05) is 7.05 Å². The van der Waals surface area contributed by atoms with Gasteiger partial charge in [0.1, 0.15) is 5.82 Å². The van der Waals surface area contributed by atoms with Crippen LogP contribution in [0.3, 0.4) is 0 Å². The number of carbonyl (C=O) groups is 1. The van der Waals surface area contributed by atoms with Crippen molar-refractivity contribution in [3.05, 3.63) is 30.1 Å². The first-order valence-corrected chi connectivity index (χ1v) is 7.21. The average molecular weight is 271 g/mol. The molecule has 0 unspecified atom stereocenters. The molecular formula is C12H14FNO3S. The minimum atomic E-state index is -3.44. The summed E-state index contributed by atoms with van der Waals surface area (Å²) in [6, 6.07) is 4.78. The number of benzene rings is 1. The molecule has 0 radical (unpaired) electrons. The van der Waals surface area contributed by atoms with Crippen molar-refractivity contribution < 1.29 is 17.6 Å². The minimum Gasteiger partial charge on any atom is -0.359 e. The van der Waals surface area contributed by atoms with Crippen molar-refractivity contribution in [2.45, 2.75) is 23.0 Å². The van der Waals surface area contributed by atoms with Crippen LogP contribution in [-0.2, 0) is 14.6 Å². The molecule has 1 aromatic carbocycles. The largest absolute Gasteiger partial charge is 0.359 e. The van der Waals surface area contributed by atoms with E-state index in [2.05, 4.69) is 5.32 Å². The van der Waals surface area contributed by atoms with Crippen LogP contribution >= 0.6 is 0 Å². The Morgan fingerprint density at radius 1 is 1.28 bits per heavy atom. The number of carbonyl (C=O) groups excluding carboxylic acids is 1. The lowest BCUT2D eigenvalue weighted by Gasteiger charge is -2.33. The van der Waals surface area contributed by atoms with Gasteiger partial charge in [0.2, 0.25) is 5.91 Å². The predicted molar refractivity (Wildman–Crippen MR) is 64.2 cm³/mol. The van der Waals surface area contributed by atoms with E-state index in [-0.39, 0.29) is 16.7 Å². The molecule has 2 rings (SSSR count). The highest BCUT2D eigenvalue weighted by molar-refractivity contribution is 7.92. The second-order valence-electron chi connectivity index (χ2n) is 4.40. The molecule has 1 aromatic rings. The number of sulfone groups is 1. The maximum Gasteiger partial charge on any atom is 0.222 e. The second kappa shape index (κ2) is 4.68. The fraction of sp³-hybridized carbons (Fsp3) is 0.417. The van der Waals surface area contributed by atoms with Gasteiger partial charge in [0.15, 0.2) is 9.84 Å². The Hall–Kier alpha value is -1.43. The summed E-state index contributed by atoms with van der Waals surface area (Å²) in [5.74, 6) is -0.818. The van der Waals surface area contributed by atoms with Crippen LogP contribution in [0.1, 0.15) is 12.8 Å². The van der Waals surface area contributed by atoms with Gasteiger partial charge in [0.05, 0.1) is 10.1 Å². The van der Waals surface area contributed by atoms with Gasteiger partial charge in [-0.1, -0.05) is 0 Å². The summed E-state index contributed by atoms with van der Waals surface area (Å²) in [7, 11) is -1.91. The SMILES string of the molecule is CNC(=O)C1CC(S(=O)(=O)c2ccc(F)cc2)C1. The fourth-order valence-corrected chi connectivity index (χ4v) is 3.93. The topological polar surface area (TPSA) is 63.2 Å². The standard InChI is InChI=1S/C12H14FNO3S/c1-14-12(15)8-6-11(7-8)18(16,17)10-4-2-9(13)3-5-10/h2-5,8,11H,6-7H2,1H3,(H,14,15). The van der Waals surface area contributed by atoms with Gasteiger partial charge in [-0.25, -0.2) is 12.8 Å². The van der Waals surface area contributed by atoms with E-state index >= 15 is 0 Å². The summed E-state index contributed by atoms with van der Waals surface area (Å²) in [5.41, 5.74) is 0. The van der Waals surface area contributed by atoms with Crippen LogP contribution < -0.4 is 5.32 Å². The zero-order chi connectivity index (χ0) is 13.3. The van der Waals surface area contributed by atoms with Gasteiger partial charge in [-0.05, 0) is 37.1 Å². The van der Waals surface area contributed by atoms with E-state index in [0.29, 0.717) is 12.8 Å². The van der Waals surface area contributed by atoms with Crippen LogP contribution in [-0.4, -0.2) is 26.6 Å². The summed E-state index contributed by atoms with van der Waals surface area (Å²) < 4.78 is 37.0. The van der Waals surface area contributed by atoms with Crippen molar-refractivity contribution >= 4 is 15.7 Å². The van der Waals surface area contributed by atoms with Crippen LogP contribution in [0.25, 0.3) is 0 Å². The van der Waals surface area contributed by atoms with Crippen LogP contribution in [0.5, 0.6) is 0 Å². The number of nitrogens with one attached hydrogen (secondary N) is 1. The molecule has 98 valence electrons. The molecule has 0 aromatic heterocycles. The molecule has 0 bridgehead atoms. The van der Waals surface area contributed by atoms with Crippen molar-refractivity contribution in [3.63, 3.8) is 0 Å². The molecule has 1 fully saturated rings. The molecule has 6 heteroatoms. The van der Waals surface area contributed by atoms with Crippen LogP contribution in [0.2, 0.25) is 0 Å². The van der Waals surface area contributed by atoms with E-state index in [1.165, 1.54) is 19.2 Å². The normalized spacial score (nSPS) is 23.2. The molecule has 18 heavy (non-hydrogen) atoms. The number of halogens is 1. The maximum absolute atomic E-state index is 12.7. The lowest BCUT2D eigenvalue weighted by molar-refractivity contribution is -0.126. The maximum atomic E-state index is 12.7. The molecular weight excluding hydrogens is 257 g/mol. The smallest absolute Gasteiger partial charge is 0.222 e. The zero-order valence-electron chi connectivity index (χ0n) is 9.89. The van der Waals surface area contributed by atoms with Crippen molar-refractivity contribution in [1.82, 2.24) is 5.32 Å². The Morgan fingerprint density at radius 2 is 1.83 bits per heavy atom. The van der Waals surface area contributed by atoms with E-state index in [9.17, 15) is 17.6 Å². The first-order chi connectivity index (χ1) is 8.45. The van der Waals surface area contributed by atoms with Crippen LogP contribution in [0.15, 0.2) is 29.2 Å². The Kier molecular flexibility index (Phi) is 3.38. The van der Waals surface area contributed by atoms with Crippen LogP contribution in [0, 0.1) is 11.7 Å². The zero-order valence-corrected chi connectivity index (χ0v) is 10.7. The van der Waals surface area contributed by atoms with Gasteiger partial charge in [-0.15, -0.1) is 0 Å². The van der Waals surface area contributed by atoms with Gasteiger partial charge in [0, 0.05) is 13.0 Å². The molecule has 0 heterocycles. The third-order valence-corrected chi connectivity index (χ3v) is 5.48. The molecule has 1 saturated carbocycles. The molecule has 0 saturated heterocycles. The summed E-state index contributed by atoms with van der Waals surface area (Å²) in [6.07, 6.45) is 0.665. The minimum absolute atomic E-state index is 0.115. The summed E-state index contributed by atoms with van der Waals surface area (Å²) in [5, 5.41) is 1.97. The van der Waals surface area contributed by atoms with Crippen molar-refractivity contribution in [3.8, 4) is 0 Å². The van der Waals surface area contributed by atoms with Gasteiger partial charge >= 0.3 is 0 Å². The molecule has 0 aliphatic heterocycles. The Bertz CT molecular complexity index is 547. The fourth-order valence-electron chi connectivity index (χ4n) is 2.05. The van der Waals surface area contributed by atoms with Crippen molar-refractivity contribution in [2.24, 2.45) is 5.92 Å². The highest BCUT2D eigenvalue weighted by atomic mass is 32.2. The first kappa shape index (κ1) is 13.0. The summed E-state index contributed by atoms with van der Waals surface area (Å²) >= 11 is 0. The summed E-state index contributed by atoms with van der Waals surface area (Å²) in [6.45, 7) is 0. The Balaban J connectivity index is 2.10. The monoisotopic (exact) mass is 271 g/mol. The molecule has 1 N–H and O–H groups in total. The van der Waals surface area contributed by atoms with Gasteiger partial charge in [-0.3, -0.25) is 4.79 Å². The van der Waals surface area contributed by atoms with Gasteiger partial charge < -0.3 is 5.32 Å². The van der Waals surface area contributed by atoms with E-state index in [4.69, 9.17) is 0 Å². The third kappa shape index (κ3) is 2.25. The first-order valence-electron chi connectivity index (χ1n) is 5.66. The molecule has 1 amide bonds. The Labute approximate surface area is 105 Å². The lowest BCUT2D eigenvalue weighted by Crippen LogP contribution is -2.43. The average Bonchev–Trinajstić information content (AvgIpc) is 2.27. The Morgan fingerprint density at radius 3 is 2.33 bits per heavy atom. The van der Waals surface area contributed by atoms with E-state index in [1.807, 2.05) is 0 Å². The number of amides is 1.